The lowest BCUT2D eigenvalue weighted by molar-refractivity contribution is -0.135. The largest absolute Gasteiger partial charge is 0.334 e. The molecule has 0 radical (unpaired) electrons. The van der Waals surface area contributed by atoms with Gasteiger partial charge in [-0.2, -0.15) is 0 Å². The van der Waals surface area contributed by atoms with Crippen LogP contribution in [0.4, 0.5) is 9.59 Å². The van der Waals surface area contributed by atoms with Crippen LogP contribution < -0.4 is 16.0 Å². The van der Waals surface area contributed by atoms with Gasteiger partial charge >= 0.3 is 12.1 Å². The third-order valence-corrected chi connectivity index (χ3v) is 4.41. The summed E-state index contributed by atoms with van der Waals surface area (Å²) >= 11 is 0. The summed E-state index contributed by atoms with van der Waals surface area (Å²) in [6.07, 6.45) is 7.62. The van der Waals surface area contributed by atoms with Crippen molar-refractivity contribution in [2.45, 2.75) is 50.5 Å². The van der Waals surface area contributed by atoms with E-state index >= 15 is 0 Å². The fourth-order valence-corrected chi connectivity index (χ4v) is 3.19. The van der Waals surface area contributed by atoms with Gasteiger partial charge in [-0.3, -0.25) is 19.8 Å². The van der Waals surface area contributed by atoms with E-state index in [0.717, 1.165) is 37.0 Å². The van der Waals surface area contributed by atoms with Gasteiger partial charge in [-0.15, -0.1) is 6.58 Å². The quantitative estimate of drug-likeness (QED) is 0.526. The highest BCUT2D eigenvalue weighted by Crippen LogP contribution is 2.31. The first-order valence-electron chi connectivity index (χ1n) is 8.31. The Bertz CT molecular complexity index is 538. The first kappa shape index (κ1) is 18.0. The fraction of sp³-hybridized carbons (Fsp3) is 0.625. The summed E-state index contributed by atoms with van der Waals surface area (Å²) in [5, 5.41) is 7.25. The van der Waals surface area contributed by atoms with Crippen LogP contribution in [0, 0.1) is 0 Å². The second-order valence-corrected chi connectivity index (χ2v) is 6.22. The molecule has 2 aliphatic rings. The maximum Gasteiger partial charge on any atom is 0.325 e. The number of rotatable bonds is 4. The molecule has 1 aliphatic heterocycles. The van der Waals surface area contributed by atoms with Gasteiger partial charge in [0.2, 0.25) is 5.91 Å². The maximum absolute atomic E-state index is 12.7. The van der Waals surface area contributed by atoms with Crippen LogP contribution in [0.15, 0.2) is 12.7 Å². The average Bonchev–Trinajstić information content (AvgIpc) is 2.74. The highest BCUT2D eigenvalue weighted by atomic mass is 16.2. The SMILES string of the molecule is C=CCNC(=O)NC(=O)CN1C(=O)NC2(CCCCCCC2)C1=O. The van der Waals surface area contributed by atoms with Gasteiger partial charge in [0, 0.05) is 6.54 Å². The molecule has 2 rings (SSSR count). The first-order chi connectivity index (χ1) is 11.5. The summed E-state index contributed by atoms with van der Waals surface area (Å²) in [7, 11) is 0. The van der Waals surface area contributed by atoms with Crippen molar-refractivity contribution in [3.05, 3.63) is 12.7 Å². The van der Waals surface area contributed by atoms with Gasteiger partial charge in [-0.25, -0.2) is 9.59 Å². The molecule has 0 atom stereocenters. The van der Waals surface area contributed by atoms with E-state index in [0.29, 0.717) is 12.8 Å². The molecular formula is C16H24N4O4. The number of hydrogen-bond donors (Lipinski definition) is 3. The van der Waals surface area contributed by atoms with E-state index in [-0.39, 0.29) is 12.5 Å². The first-order valence-corrected chi connectivity index (χ1v) is 8.31. The second-order valence-electron chi connectivity index (χ2n) is 6.22. The van der Waals surface area contributed by atoms with Crippen LogP contribution in [0.25, 0.3) is 0 Å². The number of carbonyl (C=O) groups excluding carboxylic acids is 4. The van der Waals surface area contributed by atoms with Gasteiger partial charge in [-0.1, -0.05) is 38.2 Å². The van der Waals surface area contributed by atoms with Gasteiger partial charge in [0.15, 0.2) is 0 Å². The molecule has 24 heavy (non-hydrogen) atoms. The second kappa shape index (κ2) is 7.94. The molecule has 0 bridgehead atoms. The van der Waals surface area contributed by atoms with Gasteiger partial charge < -0.3 is 10.6 Å². The van der Waals surface area contributed by atoms with Crippen molar-refractivity contribution in [3.8, 4) is 0 Å². The van der Waals surface area contributed by atoms with E-state index in [2.05, 4.69) is 22.5 Å². The summed E-state index contributed by atoms with van der Waals surface area (Å²) < 4.78 is 0. The smallest absolute Gasteiger partial charge is 0.325 e. The lowest BCUT2D eigenvalue weighted by Crippen LogP contribution is -2.49. The predicted molar refractivity (Wildman–Crippen MR) is 87.0 cm³/mol. The molecule has 1 aliphatic carbocycles. The van der Waals surface area contributed by atoms with Crippen LogP contribution in [0.2, 0.25) is 0 Å². The van der Waals surface area contributed by atoms with Crippen LogP contribution in [0.5, 0.6) is 0 Å². The van der Waals surface area contributed by atoms with E-state index in [9.17, 15) is 19.2 Å². The Labute approximate surface area is 141 Å². The molecule has 1 saturated carbocycles. The van der Waals surface area contributed by atoms with E-state index in [1.807, 2.05) is 0 Å². The van der Waals surface area contributed by atoms with Crippen molar-refractivity contribution >= 4 is 23.9 Å². The van der Waals surface area contributed by atoms with Crippen molar-refractivity contribution in [1.82, 2.24) is 20.9 Å². The minimum absolute atomic E-state index is 0.214. The Hall–Kier alpha value is -2.38. The van der Waals surface area contributed by atoms with Crippen LogP contribution >= 0.6 is 0 Å². The minimum atomic E-state index is -0.886. The van der Waals surface area contributed by atoms with Crippen molar-refractivity contribution in [2.75, 3.05) is 13.1 Å². The fourth-order valence-electron chi connectivity index (χ4n) is 3.19. The van der Waals surface area contributed by atoms with Gasteiger partial charge in [0.05, 0.1) is 0 Å². The Morgan fingerprint density at radius 1 is 1.17 bits per heavy atom. The van der Waals surface area contributed by atoms with Crippen molar-refractivity contribution in [1.29, 1.82) is 0 Å². The van der Waals surface area contributed by atoms with Crippen LogP contribution in [0.3, 0.4) is 0 Å². The number of nitrogens with zero attached hydrogens (tertiary/aromatic N) is 1. The van der Waals surface area contributed by atoms with E-state index < -0.39 is 30.1 Å². The molecule has 132 valence electrons. The zero-order valence-corrected chi connectivity index (χ0v) is 13.7. The van der Waals surface area contributed by atoms with Crippen molar-refractivity contribution < 1.29 is 19.2 Å². The Morgan fingerprint density at radius 3 is 2.42 bits per heavy atom. The van der Waals surface area contributed by atoms with Crippen LogP contribution in [-0.2, 0) is 9.59 Å². The number of carbonyl (C=O) groups is 4. The van der Waals surface area contributed by atoms with Crippen molar-refractivity contribution in [3.63, 3.8) is 0 Å². The molecule has 8 heteroatoms. The normalized spacial score (nSPS) is 20.1. The number of urea groups is 2. The summed E-state index contributed by atoms with van der Waals surface area (Å²) in [6.45, 7) is 3.19. The predicted octanol–water partition coefficient (Wildman–Crippen LogP) is 1.03. The minimum Gasteiger partial charge on any atom is -0.334 e. The maximum atomic E-state index is 12.7. The summed E-state index contributed by atoms with van der Waals surface area (Å²) in [4.78, 5) is 49.1. The molecule has 1 saturated heterocycles. The highest BCUT2D eigenvalue weighted by molar-refractivity contribution is 6.10. The Balaban J connectivity index is 1.96. The van der Waals surface area contributed by atoms with E-state index in [1.54, 1.807) is 0 Å². The van der Waals surface area contributed by atoms with Gasteiger partial charge in [0.1, 0.15) is 12.1 Å². The van der Waals surface area contributed by atoms with E-state index in [1.165, 1.54) is 6.08 Å². The lowest BCUT2D eigenvalue weighted by Gasteiger charge is -2.28. The third-order valence-electron chi connectivity index (χ3n) is 4.41. The standard InChI is InChI=1S/C16H24N4O4/c1-2-10-17-14(23)18-12(21)11-20-13(22)16(19-15(20)24)8-6-4-3-5-7-9-16/h2H,1,3-11H2,(H,19,24)(H2,17,18,21,23). The Kier molecular flexibility index (Phi) is 5.94. The monoisotopic (exact) mass is 336 g/mol. The molecule has 0 aromatic rings. The Morgan fingerprint density at radius 2 is 1.79 bits per heavy atom. The topological polar surface area (TPSA) is 108 Å². The number of imide groups is 2. The highest BCUT2D eigenvalue weighted by Gasteiger charge is 2.50. The summed E-state index contributed by atoms with van der Waals surface area (Å²) in [5.74, 6) is -1.07. The molecule has 3 N–H and O–H groups in total. The number of amides is 6. The van der Waals surface area contributed by atoms with Gasteiger partial charge in [-0.05, 0) is 12.8 Å². The molecule has 1 heterocycles. The van der Waals surface area contributed by atoms with E-state index in [4.69, 9.17) is 0 Å². The molecular weight excluding hydrogens is 312 g/mol. The number of nitrogens with one attached hydrogen (secondary N) is 3. The average molecular weight is 336 g/mol. The molecule has 6 amide bonds. The van der Waals surface area contributed by atoms with Crippen LogP contribution in [-0.4, -0.2) is 47.4 Å². The third kappa shape index (κ3) is 4.12. The molecule has 8 nitrogen and oxygen atoms in total. The zero-order valence-electron chi connectivity index (χ0n) is 13.7. The molecule has 0 aromatic heterocycles. The summed E-state index contributed by atoms with van der Waals surface area (Å²) in [5.41, 5.74) is -0.886. The number of hydrogen-bond acceptors (Lipinski definition) is 4. The molecule has 1 spiro atoms. The lowest BCUT2D eigenvalue weighted by atomic mass is 9.84. The summed E-state index contributed by atoms with van der Waals surface area (Å²) in [6, 6.07) is -1.25. The van der Waals surface area contributed by atoms with Crippen LogP contribution in [0.1, 0.15) is 44.9 Å². The molecule has 2 fully saturated rings. The zero-order chi connectivity index (χ0) is 17.6. The molecule has 0 unspecified atom stereocenters. The van der Waals surface area contributed by atoms with Crippen molar-refractivity contribution in [2.24, 2.45) is 0 Å². The van der Waals surface area contributed by atoms with Gasteiger partial charge in [0.25, 0.3) is 5.91 Å². The molecule has 0 aromatic carbocycles.